The molecule has 0 fully saturated rings. The van der Waals surface area contributed by atoms with Gasteiger partial charge in [-0.1, -0.05) is 73.1 Å². The normalized spacial score (nSPS) is 18.4. The van der Waals surface area contributed by atoms with E-state index in [1.807, 2.05) is 13.8 Å². The fourth-order valence-corrected chi connectivity index (χ4v) is 4.22. The van der Waals surface area contributed by atoms with Crippen molar-refractivity contribution < 1.29 is 19.7 Å². The van der Waals surface area contributed by atoms with Gasteiger partial charge in [0.05, 0.1) is 25.2 Å². The average molecular weight is 387 g/mol. The summed E-state index contributed by atoms with van der Waals surface area (Å²) in [5.74, 6) is 0.762. The Labute approximate surface area is 168 Å². The second kappa shape index (κ2) is 14.4. The third-order valence-corrected chi connectivity index (χ3v) is 6.43. The van der Waals surface area contributed by atoms with E-state index in [1.54, 1.807) is 0 Å². The summed E-state index contributed by atoms with van der Waals surface area (Å²) < 4.78 is 4.68. The van der Waals surface area contributed by atoms with Crippen LogP contribution in [0.3, 0.4) is 0 Å². The number of carbonyl (C=O) groups is 1. The zero-order valence-electron chi connectivity index (χ0n) is 18.8. The number of ether oxygens (including phenoxy) is 1. The molecule has 0 amide bonds. The van der Waals surface area contributed by atoms with Crippen LogP contribution in [0, 0.1) is 17.8 Å². The van der Waals surface area contributed by atoms with E-state index in [0.29, 0.717) is 18.8 Å². The van der Waals surface area contributed by atoms with E-state index in [4.69, 9.17) is 0 Å². The number of esters is 1. The van der Waals surface area contributed by atoms with Gasteiger partial charge in [-0.3, -0.25) is 4.79 Å². The molecule has 0 spiro atoms. The lowest BCUT2D eigenvalue weighted by atomic mass is 9.75. The molecular formula is C23H46O4. The Bertz CT molecular complexity index is 385. The van der Waals surface area contributed by atoms with Gasteiger partial charge in [-0.15, -0.1) is 0 Å². The van der Waals surface area contributed by atoms with E-state index in [9.17, 15) is 15.0 Å². The molecule has 0 aromatic carbocycles. The molecule has 27 heavy (non-hydrogen) atoms. The summed E-state index contributed by atoms with van der Waals surface area (Å²) in [6, 6.07) is 0. The van der Waals surface area contributed by atoms with Gasteiger partial charge >= 0.3 is 5.97 Å². The Morgan fingerprint density at radius 3 is 2.07 bits per heavy atom. The zero-order valence-corrected chi connectivity index (χ0v) is 18.8. The molecule has 4 nitrogen and oxygen atoms in total. The first-order chi connectivity index (χ1) is 12.8. The van der Waals surface area contributed by atoms with Crippen molar-refractivity contribution >= 4 is 5.97 Å². The van der Waals surface area contributed by atoms with Gasteiger partial charge in [0.25, 0.3) is 0 Å². The molecule has 0 aromatic heterocycles. The molecule has 0 aliphatic heterocycles. The number of rotatable bonds is 16. The van der Waals surface area contributed by atoms with Gasteiger partial charge in [0.1, 0.15) is 0 Å². The molecule has 2 unspecified atom stereocenters. The summed E-state index contributed by atoms with van der Waals surface area (Å²) in [6.45, 7) is 10.8. The van der Waals surface area contributed by atoms with Crippen LogP contribution in [0.25, 0.3) is 0 Å². The van der Waals surface area contributed by atoms with Gasteiger partial charge in [0.2, 0.25) is 0 Å². The van der Waals surface area contributed by atoms with Crippen molar-refractivity contribution in [2.75, 3.05) is 7.11 Å². The number of aliphatic hydroxyl groups excluding tert-OH is 1. The van der Waals surface area contributed by atoms with Crippen LogP contribution < -0.4 is 0 Å². The number of hydrogen-bond donors (Lipinski definition) is 2. The van der Waals surface area contributed by atoms with Gasteiger partial charge in [0.15, 0.2) is 0 Å². The number of hydrogen-bond acceptors (Lipinski definition) is 4. The molecule has 0 aliphatic rings. The van der Waals surface area contributed by atoms with Crippen molar-refractivity contribution in [2.45, 2.75) is 117 Å². The van der Waals surface area contributed by atoms with Crippen molar-refractivity contribution in [1.82, 2.24) is 0 Å². The highest BCUT2D eigenvalue weighted by atomic mass is 16.5. The maximum Gasteiger partial charge on any atom is 0.308 e. The van der Waals surface area contributed by atoms with Crippen molar-refractivity contribution in [3.63, 3.8) is 0 Å². The Balaban J connectivity index is 4.95. The standard InChI is InChI=1S/C23H46O4/c1-7-12-13-18(8-2)14-19(9-3)16-23(26,11-5)17-20(10-4)21(24)15-22(25)27-6/h18-21,24,26H,7-17H2,1-6H3/t18?,19?,20-,21+,23-/m1/s1. The van der Waals surface area contributed by atoms with Crippen LogP contribution in [0.2, 0.25) is 0 Å². The minimum atomic E-state index is -0.776. The Morgan fingerprint density at radius 1 is 1.00 bits per heavy atom. The Kier molecular flexibility index (Phi) is 14.1. The SMILES string of the molecule is CCCCC(CC)CC(CC)C[C@](O)(CC)C[C@@H](CC)[C@@H](O)CC(=O)OC. The molecule has 0 bridgehead atoms. The Hall–Kier alpha value is -0.610. The van der Waals surface area contributed by atoms with Gasteiger partial charge < -0.3 is 14.9 Å². The summed E-state index contributed by atoms with van der Waals surface area (Å²) in [4.78, 5) is 11.5. The van der Waals surface area contributed by atoms with E-state index in [1.165, 1.54) is 39.2 Å². The largest absolute Gasteiger partial charge is 0.469 e. The van der Waals surface area contributed by atoms with Crippen LogP contribution in [0.15, 0.2) is 0 Å². The van der Waals surface area contributed by atoms with Crippen molar-refractivity contribution in [3.05, 3.63) is 0 Å². The molecule has 0 aliphatic carbocycles. The second-order valence-corrected chi connectivity index (χ2v) is 8.43. The first-order valence-corrected chi connectivity index (χ1v) is 11.3. The maximum atomic E-state index is 11.5. The monoisotopic (exact) mass is 386 g/mol. The third-order valence-electron chi connectivity index (χ3n) is 6.43. The second-order valence-electron chi connectivity index (χ2n) is 8.43. The molecular weight excluding hydrogens is 340 g/mol. The molecule has 0 aromatic rings. The van der Waals surface area contributed by atoms with E-state index in [0.717, 1.165) is 25.2 Å². The molecule has 162 valence electrons. The van der Waals surface area contributed by atoms with Crippen LogP contribution in [0.1, 0.15) is 105 Å². The molecule has 0 saturated heterocycles. The van der Waals surface area contributed by atoms with Crippen LogP contribution in [0.4, 0.5) is 0 Å². The summed E-state index contributed by atoms with van der Waals surface area (Å²) in [5.41, 5.74) is -0.776. The van der Waals surface area contributed by atoms with Gasteiger partial charge in [-0.2, -0.15) is 0 Å². The Morgan fingerprint density at radius 2 is 1.63 bits per heavy atom. The van der Waals surface area contributed by atoms with Gasteiger partial charge in [0, 0.05) is 0 Å². The van der Waals surface area contributed by atoms with Gasteiger partial charge in [-0.25, -0.2) is 0 Å². The number of carbonyl (C=O) groups excluding carboxylic acids is 1. The minimum Gasteiger partial charge on any atom is -0.469 e. The van der Waals surface area contributed by atoms with Crippen molar-refractivity contribution in [3.8, 4) is 0 Å². The van der Waals surface area contributed by atoms with Crippen molar-refractivity contribution in [1.29, 1.82) is 0 Å². The van der Waals surface area contributed by atoms with E-state index in [-0.39, 0.29) is 12.3 Å². The number of aliphatic hydroxyl groups is 2. The zero-order chi connectivity index (χ0) is 20.9. The quantitative estimate of drug-likeness (QED) is 0.344. The highest BCUT2D eigenvalue weighted by Gasteiger charge is 2.34. The van der Waals surface area contributed by atoms with Crippen LogP contribution >= 0.6 is 0 Å². The van der Waals surface area contributed by atoms with Crippen LogP contribution in [-0.2, 0) is 9.53 Å². The molecule has 0 saturated carbocycles. The van der Waals surface area contributed by atoms with Crippen LogP contribution in [0.5, 0.6) is 0 Å². The van der Waals surface area contributed by atoms with E-state index < -0.39 is 17.7 Å². The fourth-order valence-electron chi connectivity index (χ4n) is 4.22. The molecule has 0 rings (SSSR count). The number of methoxy groups -OCH3 is 1. The topological polar surface area (TPSA) is 66.8 Å². The van der Waals surface area contributed by atoms with E-state index in [2.05, 4.69) is 25.5 Å². The van der Waals surface area contributed by atoms with E-state index >= 15 is 0 Å². The lowest BCUT2D eigenvalue weighted by Gasteiger charge is -2.36. The molecule has 2 N–H and O–H groups in total. The number of unbranched alkanes of at least 4 members (excludes halogenated alkanes) is 1. The molecule has 4 heteroatoms. The highest BCUT2D eigenvalue weighted by Crippen LogP contribution is 2.36. The summed E-state index contributed by atoms with van der Waals surface area (Å²) in [6.07, 6.45) is 9.25. The predicted octanol–water partition coefficient (Wildman–Crippen LogP) is 5.49. The smallest absolute Gasteiger partial charge is 0.308 e. The third kappa shape index (κ3) is 10.5. The van der Waals surface area contributed by atoms with Crippen LogP contribution in [-0.4, -0.2) is 35.0 Å². The summed E-state index contributed by atoms with van der Waals surface area (Å²) >= 11 is 0. The summed E-state index contributed by atoms with van der Waals surface area (Å²) in [7, 11) is 1.34. The predicted molar refractivity (Wildman–Crippen MR) is 113 cm³/mol. The summed E-state index contributed by atoms with van der Waals surface area (Å²) in [5, 5.41) is 21.7. The first kappa shape index (κ1) is 26.4. The highest BCUT2D eigenvalue weighted by molar-refractivity contribution is 5.69. The minimum absolute atomic E-state index is 0.000926. The van der Waals surface area contributed by atoms with Crippen molar-refractivity contribution in [2.24, 2.45) is 17.8 Å². The lowest BCUT2D eigenvalue weighted by molar-refractivity contribution is -0.144. The first-order valence-electron chi connectivity index (χ1n) is 11.3. The molecule has 0 heterocycles. The fraction of sp³-hybridized carbons (Fsp3) is 0.957. The lowest BCUT2D eigenvalue weighted by Crippen LogP contribution is -2.37. The molecule has 5 atom stereocenters. The molecule has 0 radical (unpaired) electrons. The van der Waals surface area contributed by atoms with Gasteiger partial charge in [-0.05, 0) is 43.4 Å². The average Bonchev–Trinajstić information content (AvgIpc) is 2.68. The maximum absolute atomic E-state index is 11.5.